The van der Waals surface area contributed by atoms with Crippen molar-refractivity contribution in [3.05, 3.63) is 34.8 Å². The third kappa shape index (κ3) is 3.12. The van der Waals surface area contributed by atoms with E-state index in [0.717, 1.165) is 37.2 Å². The number of aromatic hydroxyl groups is 1. The number of fused-ring (bicyclic) bond motifs is 2. The average Bonchev–Trinajstić information content (AvgIpc) is 3.09. The minimum absolute atomic E-state index is 0.207. The minimum atomic E-state index is -0.295. The molecule has 1 amide bonds. The third-order valence-electron chi connectivity index (χ3n) is 5.18. The lowest BCUT2D eigenvalue weighted by molar-refractivity contribution is -0.137. The lowest BCUT2D eigenvalue weighted by Crippen LogP contribution is -2.48. The Hall–Kier alpha value is -1.57. The van der Waals surface area contributed by atoms with E-state index in [-0.39, 0.29) is 17.3 Å². The predicted octanol–water partition coefficient (Wildman–Crippen LogP) is 3.27. The Morgan fingerprint density at radius 3 is 3.00 bits per heavy atom. The topological polar surface area (TPSA) is 62.7 Å². The first-order valence-corrected chi connectivity index (χ1v) is 11.0. The highest BCUT2D eigenvalue weighted by Gasteiger charge is 2.43. The number of likely N-dealkylation sites (tertiary alicyclic amines) is 1. The number of nitrogens with zero attached hydrogens (tertiary/aromatic N) is 2. The largest absolute Gasteiger partial charge is 0.506 e. The van der Waals surface area contributed by atoms with E-state index in [0.29, 0.717) is 18.1 Å². The van der Waals surface area contributed by atoms with E-state index in [1.54, 1.807) is 41.4 Å². The molecule has 0 atom stereocenters. The van der Waals surface area contributed by atoms with Crippen LogP contribution < -0.4 is 0 Å². The van der Waals surface area contributed by atoms with E-state index in [4.69, 9.17) is 4.74 Å². The lowest BCUT2D eigenvalue weighted by Gasteiger charge is -2.43. The van der Waals surface area contributed by atoms with Gasteiger partial charge in [0.1, 0.15) is 17.0 Å². The summed E-state index contributed by atoms with van der Waals surface area (Å²) in [5.41, 5.74) is 1.64. The van der Waals surface area contributed by atoms with E-state index in [1.165, 1.54) is 10.4 Å². The van der Waals surface area contributed by atoms with Crippen LogP contribution in [0.5, 0.6) is 5.75 Å². The predicted molar refractivity (Wildman–Crippen MR) is 105 cm³/mol. The van der Waals surface area contributed by atoms with E-state index in [1.807, 2.05) is 11.2 Å². The van der Waals surface area contributed by atoms with E-state index in [9.17, 15) is 9.90 Å². The molecule has 1 spiro atoms. The summed E-state index contributed by atoms with van der Waals surface area (Å²) in [6.45, 7) is 2.18. The van der Waals surface area contributed by atoms with Crippen molar-refractivity contribution in [1.29, 1.82) is 0 Å². The Balaban J connectivity index is 1.61. The van der Waals surface area contributed by atoms with Crippen LogP contribution in [0.1, 0.15) is 23.3 Å². The van der Waals surface area contributed by atoms with Gasteiger partial charge in [0.2, 0.25) is 5.91 Å². The molecule has 1 fully saturated rings. The number of thiophene rings is 1. The van der Waals surface area contributed by atoms with Crippen LogP contribution in [0.3, 0.4) is 0 Å². The molecular weight excluding hydrogens is 368 g/mol. The Morgan fingerprint density at radius 1 is 1.46 bits per heavy atom. The zero-order chi connectivity index (χ0) is 18.1. The number of hydrogen-bond acceptors (Lipinski definition) is 6. The Kier molecular flexibility index (Phi) is 4.94. The highest BCUT2D eigenvalue weighted by atomic mass is 32.2. The quantitative estimate of drug-likeness (QED) is 0.872. The van der Waals surface area contributed by atoms with Gasteiger partial charge in [-0.15, -0.1) is 11.3 Å². The summed E-state index contributed by atoms with van der Waals surface area (Å²) < 4.78 is 6.28. The third-order valence-corrected chi connectivity index (χ3v) is 7.09. The molecule has 138 valence electrons. The van der Waals surface area contributed by atoms with Gasteiger partial charge in [-0.05, 0) is 49.3 Å². The van der Waals surface area contributed by atoms with Crippen molar-refractivity contribution < 1.29 is 14.6 Å². The molecule has 1 saturated heterocycles. The molecule has 0 bridgehead atoms. The van der Waals surface area contributed by atoms with Crippen LogP contribution in [0.25, 0.3) is 10.6 Å². The second kappa shape index (κ2) is 7.21. The van der Waals surface area contributed by atoms with Gasteiger partial charge >= 0.3 is 0 Å². The van der Waals surface area contributed by atoms with Gasteiger partial charge in [-0.2, -0.15) is 11.8 Å². The van der Waals surface area contributed by atoms with Gasteiger partial charge in [-0.3, -0.25) is 9.78 Å². The molecule has 5 nitrogen and oxygen atoms in total. The fourth-order valence-electron chi connectivity index (χ4n) is 3.83. The van der Waals surface area contributed by atoms with Crippen molar-refractivity contribution in [2.45, 2.75) is 24.9 Å². The molecule has 2 aromatic heterocycles. The number of rotatable bonds is 3. The minimum Gasteiger partial charge on any atom is -0.506 e. The zero-order valence-corrected chi connectivity index (χ0v) is 16.4. The highest BCUT2D eigenvalue weighted by Crippen LogP contribution is 2.48. The maximum Gasteiger partial charge on any atom is 0.232 e. The number of amides is 1. The molecule has 2 aliphatic heterocycles. The summed E-state index contributed by atoms with van der Waals surface area (Å²) >= 11 is 3.24. The van der Waals surface area contributed by atoms with Gasteiger partial charge in [0.25, 0.3) is 0 Å². The van der Waals surface area contributed by atoms with Gasteiger partial charge < -0.3 is 14.7 Å². The molecule has 4 rings (SSSR count). The molecule has 2 aliphatic rings. The van der Waals surface area contributed by atoms with Crippen LogP contribution in [0.2, 0.25) is 0 Å². The molecule has 1 N–H and O–H groups in total. The summed E-state index contributed by atoms with van der Waals surface area (Å²) in [6.07, 6.45) is 6.20. The number of ether oxygens (including phenoxy) is 1. The highest BCUT2D eigenvalue weighted by molar-refractivity contribution is 7.99. The van der Waals surface area contributed by atoms with Crippen molar-refractivity contribution in [3.8, 4) is 16.3 Å². The Labute approximate surface area is 161 Å². The fraction of sp³-hybridized carbons (Fsp3) is 0.474. The SMILES string of the molecule is CSCC(=O)N1CCC2(CC1)OCCc1cc(-c3ncccc3O)sc12. The Morgan fingerprint density at radius 2 is 2.27 bits per heavy atom. The van der Waals surface area contributed by atoms with Crippen LogP contribution in [0.4, 0.5) is 0 Å². The number of hydrogen-bond donors (Lipinski definition) is 1. The lowest BCUT2D eigenvalue weighted by atomic mass is 9.85. The standard InChI is InChI=1S/C19H22N2O3S2/c1-25-12-16(23)21-8-5-19(6-9-21)18-13(4-10-24-19)11-15(26-18)17-14(22)3-2-7-20-17/h2-3,7,11,22H,4-6,8-10,12H2,1H3. The smallest absolute Gasteiger partial charge is 0.232 e. The molecule has 7 heteroatoms. The van der Waals surface area contributed by atoms with Crippen LogP contribution >= 0.6 is 23.1 Å². The monoisotopic (exact) mass is 390 g/mol. The van der Waals surface area contributed by atoms with Gasteiger partial charge in [0.15, 0.2) is 0 Å². The molecule has 0 aliphatic carbocycles. The molecule has 0 aromatic carbocycles. The first-order chi connectivity index (χ1) is 12.6. The van der Waals surface area contributed by atoms with Gasteiger partial charge in [0, 0.05) is 24.2 Å². The second-order valence-electron chi connectivity index (χ2n) is 6.74. The van der Waals surface area contributed by atoms with Crippen molar-refractivity contribution in [2.75, 3.05) is 31.7 Å². The average molecular weight is 391 g/mol. The molecule has 2 aromatic rings. The van der Waals surface area contributed by atoms with E-state index < -0.39 is 0 Å². The molecule has 26 heavy (non-hydrogen) atoms. The van der Waals surface area contributed by atoms with Crippen LogP contribution in [0.15, 0.2) is 24.4 Å². The van der Waals surface area contributed by atoms with Crippen LogP contribution in [-0.2, 0) is 21.6 Å². The molecular formula is C19H22N2O3S2. The Bertz CT molecular complexity index is 813. The van der Waals surface area contributed by atoms with E-state index >= 15 is 0 Å². The van der Waals surface area contributed by atoms with Crippen LogP contribution in [0, 0.1) is 0 Å². The van der Waals surface area contributed by atoms with Gasteiger partial charge in [0.05, 0.1) is 17.2 Å². The normalized spacial score (nSPS) is 18.7. The first-order valence-electron chi connectivity index (χ1n) is 8.81. The molecule has 0 radical (unpaired) electrons. The number of carbonyl (C=O) groups is 1. The second-order valence-corrected chi connectivity index (χ2v) is 8.66. The summed E-state index contributed by atoms with van der Waals surface area (Å²) in [5.74, 6) is 0.966. The zero-order valence-electron chi connectivity index (χ0n) is 14.7. The van der Waals surface area contributed by atoms with Crippen molar-refractivity contribution in [3.63, 3.8) is 0 Å². The summed E-state index contributed by atoms with van der Waals surface area (Å²) in [5, 5.41) is 10.1. The maximum absolute atomic E-state index is 12.2. The van der Waals surface area contributed by atoms with E-state index in [2.05, 4.69) is 11.1 Å². The van der Waals surface area contributed by atoms with Gasteiger partial charge in [-0.1, -0.05) is 0 Å². The first kappa shape index (κ1) is 17.8. The van der Waals surface area contributed by atoms with Crippen molar-refractivity contribution in [1.82, 2.24) is 9.88 Å². The number of carbonyl (C=O) groups excluding carboxylic acids is 1. The summed E-state index contributed by atoms with van der Waals surface area (Å²) in [4.78, 5) is 20.7. The number of piperidine rings is 1. The summed E-state index contributed by atoms with van der Waals surface area (Å²) in [6, 6.07) is 5.55. The fourth-order valence-corrected chi connectivity index (χ4v) is 5.67. The number of pyridine rings is 1. The molecule has 0 unspecified atom stereocenters. The number of aromatic nitrogens is 1. The van der Waals surface area contributed by atoms with Crippen molar-refractivity contribution >= 4 is 29.0 Å². The maximum atomic E-state index is 12.2. The van der Waals surface area contributed by atoms with Crippen LogP contribution in [-0.4, -0.2) is 52.6 Å². The molecule has 4 heterocycles. The number of thioether (sulfide) groups is 1. The molecule has 0 saturated carbocycles. The van der Waals surface area contributed by atoms with Gasteiger partial charge in [-0.25, -0.2) is 0 Å². The van der Waals surface area contributed by atoms with Crippen molar-refractivity contribution in [2.24, 2.45) is 0 Å². The summed E-state index contributed by atoms with van der Waals surface area (Å²) in [7, 11) is 0.